The molecule has 13 heavy (non-hydrogen) atoms. The van der Waals surface area contributed by atoms with Crippen LogP contribution in [-0.2, 0) is 0 Å². The van der Waals surface area contributed by atoms with Crippen LogP contribution in [-0.4, -0.2) is 35.5 Å². The highest BCUT2D eigenvalue weighted by atomic mass is 15.6. The SMILES string of the molecule is CCCCN1C=NN(CC)C1CC. The minimum atomic E-state index is 0.511. The molecule has 1 rings (SSSR count). The molecule has 1 aliphatic rings. The van der Waals surface area contributed by atoms with Gasteiger partial charge in [0.1, 0.15) is 12.5 Å². The summed E-state index contributed by atoms with van der Waals surface area (Å²) in [5.74, 6) is 0. The van der Waals surface area contributed by atoms with Crippen molar-refractivity contribution in [3.63, 3.8) is 0 Å². The average Bonchev–Trinajstić information content (AvgIpc) is 2.56. The molecule has 0 aromatic rings. The maximum absolute atomic E-state index is 4.38. The van der Waals surface area contributed by atoms with Gasteiger partial charge in [-0.25, -0.2) is 0 Å². The molecule has 0 radical (unpaired) electrons. The van der Waals surface area contributed by atoms with E-state index in [1.165, 1.54) is 12.8 Å². The van der Waals surface area contributed by atoms with E-state index in [2.05, 4.69) is 35.8 Å². The standard InChI is InChI=1S/C10H21N3/c1-4-7-8-12-9-11-13(6-3)10(12)5-2/h9-10H,4-8H2,1-3H3. The van der Waals surface area contributed by atoms with Crippen LogP contribution in [0.4, 0.5) is 0 Å². The molecular weight excluding hydrogens is 162 g/mol. The minimum absolute atomic E-state index is 0.511. The molecule has 1 atom stereocenters. The highest BCUT2D eigenvalue weighted by Gasteiger charge is 2.23. The molecule has 76 valence electrons. The molecule has 0 N–H and O–H groups in total. The van der Waals surface area contributed by atoms with Crippen LogP contribution in [0.25, 0.3) is 0 Å². The average molecular weight is 183 g/mol. The molecule has 0 aromatic carbocycles. The van der Waals surface area contributed by atoms with Gasteiger partial charge in [-0.1, -0.05) is 20.3 Å². The molecule has 0 amide bonds. The maximum Gasteiger partial charge on any atom is 0.118 e. The van der Waals surface area contributed by atoms with Gasteiger partial charge in [0.05, 0.1) is 0 Å². The van der Waals surface area contributed by atoms with Gasteiger partial charge in [-0.3, -0.25) is 5.01 Å². The van der Waals surface area contributed by atoms with Crippen molar-refractivity contribution in [3.8, 4) is 0 Å². The van der Waals surface area contributed by atoms with Crippen molar-refractivity contribution in [2.45, 2.75) is 46.2 Å². The van der Waals surface area contributed by atoms with E-state index >= 15 is 0 Å². The Morgan fingerprint density at radius 1 is 1.31 bits per heavy atom. The Bertz CT molecular complexity index is 168. The van der Waals surface area contributed by atoms with Gasteiger partial charge in [0.15, 0.2) is 0 Å². The third kappa shape index (κ3) is 2.36. The first-order valence-electron chi connectivity index (χ1n) is 5.39. The molecule has 0 saturated heterocycles. The predicted octanol–water partition coefficient (Wildman–Crippen LogP) is 2.10. The lowest BCUT2D eigenvalue weighted by atomic mass is 10.2. The fourth-order valence-electron chi connectivity index (χ4n) is 1.74. The Hall–Kier alpha value is -0.730. The molecule has 1 unspecified atom stereocenters. The summed E-state index contributed by atoms with van der Waals surface area (Å²) >= 11 is 0. The molecule has 3 nitrogen and oxygen atoms in total. The highest BCUT2D eigenvalue weighted by Crippen LogP contribution is 2.15. The second-order valence-corrected chi connectivity index (χ2v) is 3.47. The number of unbranched alkanes of at least 4 members (excludes halogenated alkanes) is 1. The van der Waals surface area contributed by atoms with E-state index < -0.39 is 0 Å². The van der Waals surface area contributed by atoms with Crippen LogP contribution in [0.5, 0.6) is 0 Å². The van der Waals surface area contributed by atoms with E-state index in [9.17, 15) is 0 Å². The van der Waals surface area contributed by atoms with Crippen LogP contribution in [0.2, 0.25) is 0 Å². The summed E-state index contributed by atoms with van der Waals surface area (Å²) < 4.78 is 0. The lowest BCUT2D eigenvalue weighted by Gasteiger charge is -2.28. The Kier molecular flexibility index (Phi) is 4.06. The summed E-state index contributed by atoms with van der Waals surface area (Å²) in [6.45, 7) is 8.77. The van der Waals surface area contributed by atoms with Crippen molar-refractivity contribution in [2.24, 2.45) is 5.10 Å². The number of hydrogen-bond acceptors (Lipinski definition) is 3. The monoisotopic (exact) mass is 183 g/mol. The van der Waals surface area contributed by atoms with Crippen LogP contribution < -0.4 is 0 Å². The number of nitrogens with zero attached hydrogens (tertiary/aromatic N) is 3. The Morgan fingerprint density at radius 2 is 2.08 bits per heavy atom. The molecule has 1 aliphatic heterocycles. The van der Waals surface area contributed by atoms with Crippen molar-refractivity contribution in [1.82, 2.24) is 9.91 Å². The zero-order chi connectivity index (χ0) is 9.68. The zero-order valence-corrected chi connectivity index (χ0v) is 9.03. The second-order valence-electron chi connectivity index (χ2n) is 3.47. The van der Waals surface area contributed by atoms with Crippen molar-refractivity contribution < 1.29 is 0 Å². The second kappa shape index (κ2) is 5.10. The van der Waals surface area contributed by atoms with Gasteiger partial charge in [-0.15, -0.1) is 0 Å². The lowest BCUT2D eigenvalue weighted by Crippen LogP contribution is -2.39. The summed E-state index contributed by atoms with van der Waals surface area (Å²) in [5, 5.41) is 6.54. The van der Waals surface area contributed by atoms with E-state index in [-0.39, 0.29) is 0 Å². The summed E-state index contributed by atoms with van der Waals surface area (Å²) in [6.07, 6.45) is 6.18. The molecule has 0 aromatic heterocycles. The predicted molar refractivity (Wildman–Crippen MR) is 56.6 cm³/mol. The van der Waals surface area contributed by atoms with E-state index in [1.54, 1.807) is 0 Å². The Morgan fingerprint density at radius 3 is 2.62 bits per heavy atom. The third-order valence-corrected chi connectivity index (χ3v) is 2.53. The van der Waals surface area contributed by atoms with Crippen molar-refractivity contribution >= 4 is 6.34 Å². The quantitative estimate of drug-likeness (QED) is 0.650. The van der Waals surface area contributed by atoms with Crippen molar-refractivity contribution in [2.75, 3.05) is 13.1 Å². The molecule has 0 bridgehead atoms. The van der Waals surface area contributed by atoms with Gasteiger partial charge in [0.25, 0.3) is 0 Å². The number of hydrazone groups is 1. The van der Waals surface area contributed by atoms with Crippen LogP contribution >= 0.6 is 0 Å². The molecular formula is C10H21N3. The van der Waals surface area contributed by atoms with Gasteiger partial charge in [-0.05, 0) is 19.8 Å². The van der Waals surface area contributed by atoms with Crippen LogP contribution in [0.15, 0.2) is 5.10 Å². The number of hydrogen-bond donors (Lipinski definition) is 0. The smallest absolute Gasteiger partial charge is 0.118 e. The fourth-order valence-corrected chi connectivity index (χ4v) is 1.74. The zero-order valence-electron chi connectivity index (χ0n) is 9.03. The summed E-state index contributed by atoms with van der Waals surface area (Å²) in [6, 6.07) is 0. The van der Waals surface area contributed by atoms with Gasteiger partial charge < -0.3 is 4.90 Å². The van der Waals surface area contributed by atoms with Crippen LogP contribution in [0.3, 0.4) is 0 Å². The van der Waals surface area contributed by atoms with Gasteiger partial charge in [-0.2, -0.15) is 5.10 Å². The topological polar surface area (TPSA) is 18.8 Å². The van der Waals surface area contributed by atoms with E-state index in [0.717, 1.165) is 19.5 Å². The van der Waals surface area contributed by atoms with Gasteiger partial charge in [0.2, 0.25) is 0 Å². The molecule has 0 fully saturated rings. The van der Waals surface area contributed by atoms with Gasteiger partial charge >= 0.3 is 0 Å². The molecule has 3 heteroatoms. The Labute approximate surface area is 81.4 Å². The molecule has 1 heterocycles. The summed E-state index contributed by atoms with van der Waals surface area (Å²) in [4.78, 5) is 2.35. The van der Waals surface area contributed by atoms with E-state index in [4.69, 9.17) is 0 Å². The fraction of sp³-hybridized carbons (Fsp3) is 0.900. The summed E-state index contributed by atoms with van der Waals surface area (Å²) in [5.41, 5.74) is 0. The largest absolute Gasteiger partial charge is 0.339 e. The highest BCUT2D eigenvalue weighted by molar-refractivity contribution is 5.56. The van der Waals surface area contributed by atoms with Crippen LogP contribution in [0.1, 0.15) is 40.0 Å². The van der Waals surface area contributed by atoms with Gasteiger partial charge in [0, 0.05) is 13.1 Å². The molecule has 0 saturated carbocycles. The summed E-state index contributed by atoms with van der Waals surface area (Å²) in [7, 11) is 0. The van der Waals surface area contributed by atoms with Crippen molar-refractivity contribution in [3.05, 3.63) is 0 Å². The third-order valence-electron chi connectivity index (χ3n) is 2.53. The van der Waals surface area contributed by atoms with E-state index in [0.29, 0.717) is 6.17 Å². The minimum Gasteiger partial charge on any atom is -0.339 e. The van der Waals surface area contributed by atoms with Crippen molar-refractivity contribution in [1.29, 1.82) is 0 Å². The van der Waals surface area contributed by atoms with E-state index in [1.807, 2.05) is 6.34 Å². The number of rotatable bonds is 5. The normalized spacial score (nSPS) is 21.6. The first kappa shape index (κ1) is 10.4. The van der Waals surface area contributed by atoms with Crippen LogP contribution in [0, 0.1) is 0 Å². The first-order chi connectivity index (χ1) is 6.33. The Balaban J connectivity index is 2.42. The first-order valence-corrected chi connectivity index (χ1v) is 5.39. The molecule has 0 spiro atoms. The molecule has 0 aliphatic carbocycles. The maximum atomic E-state index is 4.38. The lowest BCUT2D eigenvalue weighted by molar-refractivity contribution is 0.132.